The van der Waals surface area contributed by atoms with Crippen molar-refractivity contribution in [3.63, 3.8) is 0 Å². The van der Waals surface area contributed by atoms with Gasteiger partial charge in [0.2, 0.25) is 0 Å². The highest BCUT2D eigenvalue weighted by atomic mass is 16.7. The Bertz CT molecular complexity index is 458. The monoisotopic (exact) mass is 299 g/mol. The lowest BCUT2D eigenvalue weighted by Gasteiger charge is -2.19. The fourth-order valence-corrected chi connectivity index (χ4v) is 1.89. The molecule has 21 heavy (non-hydrogen) atoms. The predicted molar refractivity (Wildman–Crippen MR) is 70.6 cm³/mol. The molecule has 1 aromatic rings. The molecule has 1 aliphatic heterocycles. The minimum Gasteiger partial charge on any atom is -0.388 e. The van der Waals surface area contributed by atoms with Gasteiger partial charge < -0.3 is 24.4 Å². The highest BCUT2D eigenvalue weighted by Gasteiger charge is 2.21. The van der Waals surface area contributed by atoms with Crippen molar-refractivity contribution in [3.05, 3.63) is 39.9 Å². The maximum Gasteiger partial charge on any atom is 0.269 e. The largest absolute Gasteiger partial charge is 0.388 e. The molecule has 0 aromatic heterocycles. The molecule has 1 aliphatic rings. The second kappa shape index (κ2) is 7.43. The van der Waals surface area contributed by atoms with Gasteiger partial charge in [0.15, 0.2) is 6.29 Å². The van der Waals surface area contributed by atoms with Gasteiger partial charge in [0.1, 0.15) is 12.2 Å². The van der Waals surface area contributed by atoms with Gasteiger partial charge >= 0.3 is 0 Å². The van der Waals surface area contributed by atoms with Gasteiger partial charge in [-0.25, -0.2) is 0 Å². The molecule has 0 aliphatic carbocycles. The summed E-state index contributed by atoms with van der Waals surface area (Å²) in [5, 5.41) is 30.3. The lowest BCUT2D eigenvalue weighted by Crippen LogP contribution is -2.27. The molecule has 1 heterocycles. The predicted octanol–water partition coefficient (Wildman–Crippen LogP) is 0.379. The first-order valence-corrected chi connectivity index (χ1v) is 6.49. The van der Waals surface area contributed by atoms with Crippen LogP contribution in [0.5, 0.6) is 0 Å². The van der Waals surface area contributed by atoms with Crippen molar-refractivity contribution in [2.24, 2.45) is 0 Å². The van der Waals surface area contributed by atoms with E-state index in [-0.39, 0.29) is 18.9 Å². The fourth-order valence-electron chi connectivity index (χ4n) is 1.89. The molecule has 2 unspecified atom stereocenters. The second-order valence-corrected chi connectivity index (χ2v) is 4.57. The lowest BCUT2D eigenvalue weighted by atomic mass is 10.0. The number of benzene rings is 1. The maximum atomic E-state index is 10.5. The second-order valence-electron chi connectivity index (χ2n) is 4.57. The van der Waals surface area contributed by atoms with Gasteiger partial charge in [0.05, 0.1) is 31.4 Å². The van der Waals surface area contributed by atoms with Crippen LogP contribution in [0.15, 0.2) is 24.3 Å². The zero-order valence-electron chi connectivity index (χ0n) is 11.3. The molecule has 0 amide bonds. The zero-order valence-corrected chi connectivity index (χ0v) is 11.3. The van der Waals surface area contributed by atoms with Crippen LogP contribution < -0.4 is 0 Å². The number of aliphatic hydroxyl groups is 2. The minimum absolute atomic E-state index is 0.0766. The topological polar surface area (TPSA) is 111 Å². The van der Waals surface area contributed by atoms with E-state index < -0.39 is 23.4 Å². The van der Waals surface area contributed by atoms with Crippen LogP contribution in [0.25, 0.3) is 0 Å². The van der Waals surface area contributed by atoms with Crippen LogP contribution in [0.1, 0.15) is 11.7 Å². The van der Waals surface area contributed by atoms with Gasteiger partial charge in [-0.15, -0.1) is 0 Å². The first-order chi connectivity index (χ1) is 10.1. The quantitative estimate of drug-likeness (QED) is 0.553. The molecule has 1 aromatic carbocycles. The van der Waals surface area contributed by atoms with Crippen LogP contribution >= 0.6 is 0 Å². The Hall–Kier alpha value is -1.58. The van der Waals surface area contributed by atoms with Gasteiger partial charge in [-0.05, 0) is 17.7 Å². The van der Waals surface area contributed by atoms with Crippen molar-refractivity contribution >= 4 is 5.69 Å². The summed E-state index contributed by atoms with van der Waals surface area (Å²) in [6, 6.07) is 5.34. The number of nitro benzene ring substituents is 1. The fraction of sp³-hybridized carbons (Fsp3) is 0.538. The van der Waals surface area contributed by atoms with Crippen molar-refractivity contribution in [2.45, 2.75) is 18.5 Å². The number of nitro groups is 1. The number of aliphatic hydroxyl groups excluding tert-OH is 2. The molecule has 0 spiro atoms. The van der Waals surface area contributed by atoms with E-state index in [4.69, 9.17) is 14.2 Å². The van der Waals surface area contributed by atoms with Crippen molar-refractivity contribution in [1.82, 2.24) is 0 Å². The number of hydrogen-bond donors (Lipinski definition) is 2. The van der Waals surface area contributed by atoms with Crippen LogP contribution in [0.3, 0.4) is 0 Å². The van der Waals surface area contributed by atoms with E-state index in [1.807, 2.05) is 0 Å². The first kappa shape index (κ1) is 15.8. The molecular formula is C13H17NO7. The van der Waals surface area contributed by atoms with E-state index in [1.165, 1.54) is 24.3 Å². The van der Waals surface area contributed by atoms with Gasteiger partial charge in [-0.2, -0.15) is 0 Å². The molecule has 0 saturated carbocycles. The number of ether oxygens (including phenoxy) is 3. The van der Waals surface area contributed by atoms with Gasteiger partial charge in [0.25, 0.3) is 5.69 Å². The van der Waals surface area contributed by atoms with Gasteiger partial charge in [-0.3, -0.25) is 10.1 Å². The Kier molecular flexibility index (Phi) is 5.59. The van der Waals surface area contributed by atoms with Crippen molar-refractivity contribution in [2.75, 3.05) is 26.4 Å². The van der Waals surface area contributed by atoms with Crippen molar-refractivity contribution in [3.8, 4) is 0 Å². The summed E-state index contributed by atoms with van der Waals surface area (Å²) in [6.07, 6.45) is -2.77. The van der Waals surface area contributed by atoms with Crippen LogP contribution in [0.2, 0.25) is 0 Å². The zero-order chi connectivity index (χ0) is 15.2. The summed E-state index contributed by atoms with van der Waals surface area (Å²) in [7, 11) is 0. The van der Waals surface area contributed by atoms with Gasteiger partial charge in [0, 0.05) is 12.1 Å². The van der Waals surface area contributed by atoms with Gasteiger partial charge in [-0.1, -0.05) is 0 Å². The molecule has 1 fully saturated rings. The smallest absolute Gasteiger partial charge is 0.269 e. The highest BCUT2D eigenvalue weighted by Crippen LogP contribution is 2.20. The Balaban J connectivity index is 1.80. The van der Waals surface area contributed by atoms with E-state index in [0.29, 0.717) is 18.8 Å². The summed E-state index contributed by atoms with van der Waals surface area (Å²) in [4.78, 5) is 10.0. The third kappa shape index (κ3) is 4.45. The Morgan fingerprint density at radius 2 is 1.90 bits per heavy atom. The molecule has 2 rings (SSSR count). The molecule has 8 nitrogen and oxygen atoms in total. The number of rotatable bonds is 7. The molecule has 0 radical (unpaired) electrons. The summed E-state index contributed by atoms with van der Waals surface area (Å²) in [6.45, 7) is 1.11. The average molecular weight is 299 g/mol. The summed E-state index contributed by atoms with van der Waals surface area (Å²) < 4.78 is 15.5. The summed E-state index contributed by atoms with van der Waals surface area (Å²) in [5.74, 6) is 0. The minimum atomic E-state index is -1.18. The molecule has 0 bridgehead atoms. The molecule has 8 heteroatoms. The standard InChI is InChI=1S/C13H17NO7/c15-11(7-19-8-12-20-5-6-21-12)13(16)9-1-3-10(4-2-9)14(17)18/h1-4,11-13,15-16H,5-8H2. The van der Waals surface area contributed by atoms with E-state index in [9.17, 15) is 20.3 Å². The highest BCUT2D eigenvalue weighted by molar-refractivity contribution is 5.34. The van der Waals surface area contributed by atoms with Crippen LogP contribution in [0.4, 0.5) is 5.69 Å². The molecule has 2 atom stereocenters. The molecule has 1 saturated heterocycles. The Labute approximate surface area is 121 Å². The van der Waals surface area contributed by atoms with E-state index in [1.54, 1.807) is 0 Å². The van der Waals surface area contributed by atoms with E-state index in [0.717, 1.165) is 0 Å². The van der Waals surface area contributed by atoms with E-state index in [2.05, 4.69) is 0 Å². The molecular weight excluding hydrogens is 282 g/mol. The number of nitrogens with zero attached hydrogens (tertiary/aromatic N) is 1. The number of non-ortho nitro benzene ring substituents is 1. The van der Waals surface area contributed by atoms with Crippen LogP contribution in [0, 0.1) is 10.1 Å². The normalized spacial score (nSPS) is 18.6. The Morgan fingerprint density at radius 3 is 2.48 bits per heavy atom. The van der Waals surface area contributed by atoms with Crippen LogP contribution in [-0.4, -0.2) is 54.0 Å². The number of hydrogen-bond acceptors (Lipinski definition) is 7. The van der Waals surface area contributed by atoms with Crippen molar-refractivity contribution < 1.29 is 29.3 Å². The summed E-state index contributed by atoms with van der Waals surface area (Å²) in [5.41, 5.74) is 0.303. The first-order valence-electron chi connectivity index (χ1n) is 6.49. The van der Waals surface area contributed by atoms with E-state index >= 15 is 0 Å². The summed E-state index contributed by atoms with van der Waals surface area (Å²) >= 11 is 0. The third-order valence-corrected chi connectivity index (χ3v) is 3.04. The molecule has 2 N–H and O–H groups in total. The third-order valence-electron chi connectivity index (χ3n) is 3.04. The lowest BCUT2D eigenvalue weighted by molar-refractivity contribution is -0.384. The molecule has 116 valence electrons. The van der Waals surface area contributed by atoms with Crippen LogP contribution in [-0.2, 0) is 14.2 Å². The average Bonchev–Trinajstić information content (AvgIpc) is 2.99. The SMILES string of the molecule is O=[N+]([O-])c1ccc(C(O)C(O)COCC2OCCO2)cc1. The van der Waals surface area contributed by atoms with Crippen molar-refractivity contribution in [1.29, 1.82) is 0 Å². The Morgan fingerprint density at radius 1 is 1.29 bits per heavy atom. The maximum absolute atomic E-state index is 10.5.